The van der Waals surface area contributed by atoms with Crippen LogP contribution in [0.2, 0.25) is 0 Å². The molecule has 0 radical (unpaired) electrons. The molecule has 0 aliphatic rings. The predicted octanol–water partition coefficient (Wildman–Crippen LogP) is 4.30. The summed E-state index contributed by atoms with van der Waals surface area (Å²) < 4.78 is 0. The van der Waals surface area contributed by atoms with Crippen molar-refractivity contribution in [3.63, 3.8) is 0 Å². The average Bonchev–Trinajstić information content (AvgIpc) is 2.53. The molecular weight excluding hydrogens is 306 g/mol. The Hall–Kier alpha value is -3.28. The predicted molar refractivity (Wildman–Crippen MR) is 91.9 cm³/mol. The van der Waals surface area contributed by atoms with Crippen LogP contribution < -0.4 is 5.32 Å². The second kappa shape index (κ2) is 7.82. The summed E-state index contributed by atoms with van der Waals surface area (Å²) >= 11 is 0. The maximum absolute atomic E-state index is 11.6. The van der Waals surface area contributed by atoms with Gasteiger partial charge in [0.05, 0.1) is 11.4 Å². The zero-order valence-electron chi connectivity index (χ0n) is 13.4. The van der Waals surface area contributed by atoms with Crippen LogP contribution in [-0.2, 0) is 9.59 Å². The normalized spacial score (nSPS) is 11.1. The molecule has 6 heteroatoms. The van der Waals surface area contributed by atoms with Gasteiger partial charge in [-0.3, -0.25) is 4.79 Å². The second-order valence-electron chi connectivity index (χ2n) is 5.15. The molecule has 24 heavy (non-hydrogen) atoms. The summed E-state index contributed by atoms with van der Waals surface area (Å²) in [5.41, 5.74) is 3.92. The van der Waals surface area contributed by atoms with Crippen molar-refractivity contribution in [2.45, 2.75) is 13.8 Å². The summed E-state index contributed by atoms with van der Waals surface area (Å²) in [5.74, 6) is -1.68. The highest BCUT2D eigenvalue weighted by molar-refractivity contribution is 6.02. The number of aryl methyl sites for hydroxylation is 2. The summed E-state index contributed by atoms with van der Waals surface area (Å²) in [6, 6.07) is 12.9. The molecule has 0 spiro atoms. The van der Waals surface area contributed by atoms with Gasteiger partial charge < -0.3 is 10.4 Å². The Kier molecular flexibility index (Phi) is 5.57. The van der Waals surface area contributed by atoms with Crippen LogP contribution in [-0.4, -0.2) is 17.0 Å². The van der Waals surface area contributed by atoms with E-state index >= 15 is 0 Å². The molecule has 0 aliphatic carbocycles. The van der Waals surface area contributed by atoms with E-state index in [1.54, 1.807) is 18.2 Å². The van der Waals surface area contributed by atoms with Gasteiger partial charge in [-0.05, 0) is 49.2 Å². The fourth-order valence-corrected chi connectivity index (χ4v) is 1.96. The largest absolute Gasteiger partial charge is 0.478 e. The number of carbonyl (C=O) groups is 2. The number of nitrogens with zero attached hydrogens (tertiary/aromatic N) is 2. The van der Waals surface area contributed by atoms with E-state index < -0.39 is 11.9 Å². The number of carbonyl (C=O) groups excluding carboxylic acids is 1. The number of hydrogen-bond donors (Lipinski definition) is 2. The summed E-state index contributed by atoms with van der Waals surface area (Å²) in [4.78, 5) is 21.9. The molecule has 0 atom stereocenters. The SMILES string of the molecule is Cc1ccccc1N=Nc1ccc(NC(=O)/C=C/C(=O)O)cc1C. The van der Waals surface area contributed by atoms with E-state index in [-0.39, 0.29) is 0 Å². The first-order chi connectivity index (χ1) is 11.5. The molecule has 0 saturated carbocycles. The number of aliphatic carboxylic acids is 1. The average molecular weight is 323 g/mol. The number of azo groups is 1. The van der Waals surface area contributed by atoms with Crippen LogP contribution in [0.25, 0.3) is 0 Å². The number of amides is 1. The smallest absolute Gasteiger partial charge is 0.328 e. The third-order valence-electron chi connectivity index (χ3n) is 3.22. The maximum atomic E-state index is 11.6. The van der Waals surface area contributed by atoms with Crippen molar-refractivity contribution in [2.24, 2.45) is 10.2 Å². The lowest BCUT2D eigenvalue weighted by Gasteiger charge is -2.05. The fourth-order valence-electron chi connectivity index (χ4n) is 1.96. The van der Waals surface area contributed by atoms with Crippen LogP contribution in [0.5, 0.6) is 0 Å². The zero-order valence-corrected chi connectivity index (χ0v) is 13.4. The summed E-state index contributed by atoms with van der Waals surface area (Å²) in [6.07, 6.45) is 1.75. The van der Waals surface area contributed by atoms with Crippen LogP contribution in [0.1, 0.15) is 11.1 Å². The molecule has 0 bridgehead atoms. The van der Waals surface area contributed by atoms with Gasteiger partial charge in [0.1, 0.15) is 0 Å². The summed E-state index contributed by atoms with van der Waals surface area (Å²) in [5, 5.41) is 19.6. The summed E-state index contributed by atoms with van der Waals surface area (Å²) in [6.45, 7) is 3.82. The Bertz CT molecular complexity index is 826. The number of carboxylic acid groups (broad SMARTS) is 1. The van der Waals surface area contributed by atoms with Gasteiger partial charge in [0, 0.05) is 17.8 Å². The third kappa shape index (κ3) is 4.88. The van der Waals surface area contributed by atoms with E-state index in [1.807, 2.05) is 38.1 Å². The number of anilines is 1. The Labute approximate surface area is 139 Å². The van der Waals surface area contributed by atoms with Gasteiger partial charge in [0.25, 0.3) is 0 Å². The standard InChI is InChI=1S/C18H17N3O3/c1-12-5-3-4-6-15(12)20-21-16-8-7-14(11-13(16)2)19-17(22)9-10-18(23)24/h3-11H,1-2H3,(H,19,22)(H,23,24)/b10-9+,21-20?. The highest BCUT2D eigenvalue weighted by atomic mass is 16.4. The molecule has 122 valence electrons. The van der Waals surface area contributed by atoms with Crippen molar-refractivity contribution in [3.8, 4) is 0 Å². The van der Waals surface area contributed by atoms with Gasteiger partial charge in [-0.1, -0.05) is 18.2 Å². The monoisotopic (exact) mass is 323 g/mol. The molecule has 0 fully saturated rings. The van der Waals surface area contributed by atoms with Gasteiger partial charge >= 0.3 is 5.97 Å². The number of rotatable bonds is 5. The number of carboxylic acids is 1. The number of nitrogens with one attached hydrogen (secondary N) is 1. The molecule has 0 heterocycles. The lowest BCUT2D eigenvalue weighted by molar-refractivity contribution is -0.131. The van der Waals surface area contributed by atoms with Crippen molar-refractivity contribution >= 4 is 28.9 Å². The van der Waals surface area contributed by atoms with E-state index in [9.17, 15) is 9.59 Å². The van der Waals surface area contributed by atoms with Crippen molar-refractivity contribution < 1.29 is 14.7 Å². The van der Waals surface area contributed by atoms with Gasteiger partial charge in [0.15, 0.2) is 0 Å². The lowest BCUT2D eigenvalue weighted by Crippen LogP contribution is -2.08. The first-order valence-electron chi connectivity index (χ1n) is 7.26. The van der Waals surface area contributed by atoms with Crippen LogP contribution in [0.15, 0.2) is 64.8 Å². The third-order valence-corrected chi connectivity index (χ3v) is 3.22. The maximum Gasteiger partial charge on any atom is 0.328 e. The van der Waals surface area contributed by atoms with Crippen LogP contribution >= 0.6 is 0 Å². The highest BCUT2D eigenvalue weighted by Crippen LogP contribution is 2.26. The van der Waals surface area contributed by atoms with Crippen molar-refractivity contribution in [3.05, 3.63) is 65.7 Å². The van der Waals surface area contributed by atoms with Crippen LogP contribution in [0.3, 0.4) is 0 Å². The molecule has 0 aliphatic heterocycles. The van der Waals surface area contributed by atoms with Gasteiger partial charge in [0.2, 0.25) is 5.91 Å². The Morgan fingerprint density at radius 2 is 1.62 bits per heavy atom. The van der Waals surface area contributed by atoms with Crippen molar-refractivity contribution in [2.75, 3.05) is 5.32 Å². The molecule has 0 unspecified atom stereocenters. The van der Waals surface area contributed by atoms with E-state index in [4.69, 9.17) is 5.11 Å². The summed E-state index contributed by atoms with van der Waals surface area (Å²) in [7, 11) is 0. The minimum atomic E-state index is -1.17. The van der Waals surface area contributed by atoms with Crippen molar-refractivity contribution in [1.82, 2.24) is 0 Å². The minimum Gasteiger partial charge on any atom is -0.478 e. The zero-order chi connectivity index (χ0) is 17.5. The molecule has 0 saturated heterocycles. The van der Waals surface area contributed by atoms with Gasteiger partial charge in [-0.2, -0.15) is 10.2 Å². The number of benzene rings is 2. The first kappa shape index (κ1) is 17.1. The Morgan fingerprint density at radius 1 is 0.958 bits per heavy atom. The number of hydrogen-bond acceptors (Lipinski definition) is 4. The first-order valence-corrected chi connectivity index (χ1v) is 7.26. The molecule has 2 rings (SSSR count). The van der Waals surface area contributed by atoms with E-state index in [2.05, 4.69) is 15.5 Å². The molecular formula is C18H17N3O3. The molecule has 0 aromatic heterocycles. The van der Waals surface area contributed by atoms with Crippen molar-refractivity contribution in [1.29, 1.82) is 0 Å². The molecule has 1 amide bonds. The molecule has 2 aromatic carbocycles. The Morgan fingerprint density at radius 3 is 2.25 bits per heavy atom. The fraction of sp³-hybridized carbons (Fsp3) is 0.111. The second-order valence-corrected chi connectivity index (χ2v) is 5.15. The van der Waals surface area contributed by atoms with Crippen LogP contribution in [0.4, 0.5) is 17.1 Å². The van der Waals surface area contributed by atoms with E-state index in [0.717, 1.165) is 29.0 Å². The van der Waals surface area contributed by atoms with Crippen LogP contribution in [0, 0.1) is 13.8 Å². The van der Waals surface area contributed by atoms with E-state index in [1.165, 1.54) is 0 Å². The highest BCUT2D eigenvalue weighted by Gasteiger charge is 2.03. The Balaban J connectivity index is 2.11. The molecule has 2 N–H and O–H groups in total. The molecule has 2 aromatic rings. The minimum absolute atomic E-state index is 0.508. The quantitative estimate of drug-likeness (QED) is 0.635. The lowest BCUT2D eigenvalue weighted by atomic mass is 10.2. The van der Waals surface area contributed by atoms with E-state index in [0.29, 0.717) is 11.4 Å². The van der Waals surface area contributed by atoms with Gasteiger partial charge in [-0.25, -0.2) is 4.79 Å². The topological polar surface area (TPSA) is 91.1 Å². The van der Waals surface area contributed by atoms with Gasteiger partial charge in [-0.15, -0.1) is 0 Å². The molecule has 6 nitrogen and oxygen atoms in total.